The number of carbonyl (C=O) groups is 2. The number of ether oxygens (including phenoxy) is 1. The second-order valence-electron chi connectivity index (χ2n) is 5.45. The highest BCUT2D eigenvalue weighted by Crippen LogP contribution is 2.18. The van der Waals surface area contributed by atoms with Crippen LogP contribution in [0.4, 0.5) is 16.2 Å². The van der Waals surface area contributed by atoms with Gasteiger partial charge in [0.05, 0.1) is 18.4 Å². The zero-order chi connectivity index (χ0) is 18.0. The quantitative estimate of drug-likeness (QED) is 0.764. The third-order valence-corrected chi connectivity index (χ3v) is 3.70. The summed E-state index contributed by atoms with van der Waals surface area (Å²) >= 11 is 0. The van der Waals surface area contributed by atoms with Gasteiger partial charge in [-0.1, -0.05) is 0 Å². The molecule has 8 heteroatoms. The Morgan fingerprint density at radius 2 is 1.76 bits per heavy atom. The molecule has 0 aliphatic carbocycles. The first-order valence-electron chi connectivity index (χ1n) is 7.53. The van der Waals surface area contributed by atoms with Crippen LogP contribution in [0.15, 0.2) is 36.5 Å². The maximum Gasteiger partial charge on any atom is 0.411 e. The molecule has 0 spiro atoms. The lowest BCUT2D eigenvalue weighted by molar-refractivity contribution is 0.102. The predicted molar refractivity (Wildman–Crippen MR) is 93.7 cm³/mol. The lowest BCUT2D eigenvalue weighted by Crippen LogP contribution is -2.13. The number of carbonyl (C=O) groups excluding carboxylic acids is 2. The molecule has 0 radical (unpaired) electrons. The maximum absolute atomic E-state index is 12.4. The van der Waals surface area contributed by atoms with Gasteiger partial charge in [0.2, 0.25) is 0 Å². The van der Waals surface area contributed by atoms with Crippen LogP contribution in [-0.2, 0) is 11.8 Å². The molecule has 0 fully saturated rings. The second kappa shape index (κ2) is 6.60. The van der Waals surface area contributed by atoms with E-state index in [0.717, 1.165) is 16.7 Å². The van der Waals surface area contributed by atoms with Gasteiger partial charge in [-0.3, -0.25) is 14.8 Å². The molecule has 0 atom stereocenters. The molecule has 2 N–H and O–H groups in total. The van der Waals surface area contributed by atoms with Crippen LogP contribution in [-0.4, -0.2) is 33.9 Å². The average molecular weight is 339 g/mol. The highest BCUT2D eigenvalue weighted by Gasteiger charge is 2.12. The summed E-state index contributed by atoms with van der Waals surface area (Å²) < 4.78 is 6.20. The fraction of sp³-hybridized carbons (Fsp3) is 0.176. The molecule has 2 amide bonds. The number of fused-ring (bicyclic) bond motifs is 1. The van der Waals surface area contributed by atoms with Crippen molar-refractivity contribution in [2.24, 2.45) is 7.05 Å². The number of nitrogens with one attached hydrogen (secondary N) is 2. The molecule has 0 saturated carbocycles. The van der Waals surface area contributed by atoms with E-state index < -0.39 is 6.09 Å². The third-order valence-electron chi connectivity index (χ3n) is 3.70. The van der Waals surface area contributed by atoms with Crippen molar-refractivity contribution in [1.29, 1.82) is 0 Å². The number of aryl methyl sites for hydroxylation is 2. The molecule has 128 valence electrons. The fourth-order valence-corrected chi connectivity index (χ4v) is 2.44. The van der Waals surface area contributed by atoms with Gasteiger partial charge in [0.1, 0.15) is 0 Å². The van der Waals surface area contributed by atoms with Crippen LogP contribution in [0.1, 0.15) is 16.1 Å². The van der Waals surface area contributed by atoms with Gasteiger partial charge in [-0.25, -0.2) is 9.78 Å². The first kappa shape index (κ1) is 16.4. The molecular formula is C17H17N5O3. The summed E-state index contributed by atoms with van der Waals surface area (Å²) in [6.07, 6.45) is 0.967. The van der Waals surface area contributed by atoms with Gasteiger partial charge in [-0.05, 0) is 37.3 Å². The molecule has 0 saturated heterocycles. The minimum atomic E-state index is -0.553. The number of anilines is 2. The molecule has 2 heterocycles. The average Bonchev–Trinajstić information content (AvgIpc) is 2.90. The predicted octanol–water partition coefficient (Wildman–Crippen LogP) is 2.71. The van der Waals surface area contributed by atoms with E-state index in [1.54, 1.807) is 35.0 Å². The van der Waals surface area contributed by atoms with Crippen LogP contribution in [0.3, 0.4) is 0 Å². The normalized spacial score (nSPS) is 10.5. The van der Waals surface area contributed by atoms with E-state index in [4.69, 9.17) is 0 Å². The minimum absolute atomic E-state index is 0.272. The lowest BCUT2D eigenvalue weighted by Gasteiger charge is -2.07. The summed E-state index contributed by atoms with van der Waals surface area (Å²) in [5.41, 5.74) is 3.16. The van der Waals surface area contributed by atoms with Gasteiger partial charge < -0.3 is 10.1 Å². The number of rotatable bonds is 3. The monoisotopic (exact) mass is 339 g/mol. The van der Waals surface area contributed by atoms with Crippen molar-refractivity contribution in [1.82, 2.24) is 14.8 Å². The number of nitrogens with zero attached hydrogens (tertiary/aromatic N) is 3. The van der Waals surface area contributed by atoms with E-state index in [2.05, 4.69) is 25.5 Å². The van der Waals surface area contributed by atoms with Crippen molar-refractivity contribution >= 4 is 34.4 Å². The van der Waals surface area contributed by atoms with Crippen molar-refractivity contribution in [3.8, 4) is 0 Å². The Morgan fingerprint density at radius 1 is 1.12 bits per heavy atom. The largest absolute Gasteiger partial charge is 0.453 e. The molecule has 8 nitrogen and oxygen atoms in total. The maximum atomic E-state index is 12.4. The Kier molecular flexibility index (Phi) is 4.34. The van der Waals surface area contributed by atoms with Gasteiger partial charge in [0.15, 0.2) is 5.65 Å². The standard InChI is InChI=1S/C17H17N5O3/c1-10-14-8-11(9-18-15(14)22(2)21-10)16(23)19-12-4-6-13(7-5-12)20-17(24)25-3/h4-9H,1-3H3,(H,19,23)(H,20,24). The van der Waals surface area contributed by atoms with E-state index in [1.165, 1.54) is 13.3 Å². The number of aromatic nitrogens is 3. The van der Waals surface area contributed by atoms with E-state index >= 15 is 0 Å². The van der Waals surface area contributed by atoms with Gasteiger partial charge in [0, 0.05) is 30.0 Å². The van der Waals surface area contributed by atoms with Crippen molar-refractivity contribution in [2.75, 3.05) is 17.7 Å². The number of benzene rings is 1. The summed E-state index contributed by atoms with van der Waals surface area (Å²) in [6.45, 7) is 1.87. The van der Waals surface area contributed by atoms with Gasteiger partial charge in [-0.15, -0.1) is 0 Å². The molecule has 3 rings (SSSR count). The molecular weight excluding hydrogens is 322 g/mol. The second-order valence-corrected chi connectivity index (χ2v) is 5.45. The van der Waals surface area contributed by atoms with Crippen molar-refractivity contribution in [3.63, 3.8) is 0 Å². The highest BCUT2D eigenvalue weighted by molar-refractivity contribution is 6.05. The highest BCUT2D eigenvalue weighted by atomic mass is 16.5. The SMILES string of the molecule is COC(=O)Nc1ccc(NC(=O)c2cnc3c(c2)c(C)nn3C)cc1. The summed E-state index contributed by atoms with van der Waals surface area (Å²) in [5, 5.41) is 10.5. The number of amides is 2. The zero-order valence-electron chi connectivity index (χ0n) is 14.0. The summed E-state index contributed by atoms with van der Waals surface area (Å²) in [7, 11) is 3.10. The van der Waals surface area contributed by atoms with Crippen LogP contribution in [0.5, 0.6) is 0 Å². The first-order valence-corrected chi connectivity index (χ1v) is 7.53. The van der Waals surface area contributed by atoms with E-state index in [9.17, 15) is 9.59 Å². The van der Waals surface area contributed by atoms with Crippen LogP contribution in [0.2, 0.25) is 0 Å². The smallest absolute Gasteiger partial charge is 0.411 e. The van der Waals surface area contributed by atoms with Gasteiger partial charge in [0.25, 0.3) is 5.91 Å². The lowest BCUT2D eigenvalue weighted by atomic mass is 10.2. The van der Waals surface area contributed by atoms with Crippen LogP contribution in [0, 0.1) is 6.92 Å². The van der Waals surface area contributed by atoms with Crippen molar-refractivity contribution in [2.45, 2.75) is 6.92 Å². The number of hydrogen-bond donors (Lipinski definition) is 2. The van der Waals surface area contributed by atoms with Crippen LogP contribution in [0.25, 0.3) is 11.0 Å². The molecule has 0 unspecified atom stereocenters. The van der Waals surface area contributed by atoms with Crippen LogP contribution < -0.4 is 10.6 Å². The van der Waals surface area contributed by atoms with E-state index in [1.807, 2.05) is 14.0 Å². The fourth-order valence-electron chi connectivity index (χ4n) is 2.44. The Balaban J connectivity index is 1.75. The van der Waals surface area contributed by atoms with Crippen molar-refractivity contribution < 1.29 is 14.3 Å². The van der Waals surface area contributed by atoms with E-state index in [0.29, 0.717) is 16.9 Å². The molecule has 0 aliphatic heterocycles. The van der Waals surface area contributed by atoms with Crippen LogP contribution >= 0.6 is 0 Å². The Hall–Kier alpha value is -3.42. The van der Waals surface area contributed by atoms with Crippen molar-refractivity contribution in [3.05, 3.63) is 47.8 Å². The molecule has 0 bridgehead atoms. The Bertz CT molecular complexity index is 947. The molecule has 1 aromatic carbocycles. The summed E-state index contributed by atoms with van der Waals surface area (Å²) in [5.74, 6) is -0.272. The Morgan fingerprint density at radius 3 is 2.40 bits per heavy atom. The molecule has 0 aliphatic rings. The topological polar surface area (TPSA) is 98.1 Å². The third kappa shape index (κ3) is 3.42. The number of methoxy groups -OCH3 is 1. The van der Waals surface area contributed by atoms with E-state index in [-0.39, 0.29) is 5.91 Å². The first-order chi connectivity index (χ1) is 12.0. The van der Waals surface area contributed by atoms with Gasteiger partial charge >= 0.3 is 6.09 Å². The van der Waals surface area contributed by atoms with Gasteiger partial charge in [-0.2, -0.15) is 5.10 Å². The summed E-state index contributed by atoms with van der Waals surface area (Å²) in [4.78, 5) is 27.9. The number of pyridine rings is 1. The zero-order valence-corrected chi connectivity index (χ0v) is 14.0. The number of hydrogen-bond acceptors (Lipinski definition) is 5. The summed E-state index contributed by atoms with van der Waals surface area (Å²) in [6, 6.07) is 8.47. The minimum Gasteiger partial charge on any atom is -0.453 e. The molecule has 25 heavy (non-hydrogen) atoms. The Labute approximate surface area is 143 Å². The molecule has 2 aromatic heterocycles. The molecule has 3 aromatic rings.